The van der Waals surface area contributed by atoms with E-state index in [1.54, 1.807) is 49.2 Å². The molecule has 2 aliphatic carbocycles. The standard InChI is InChI=1S/C37H36F6N8O4S/c1-35(53)16-50(17-35)26-9-8-21(22-6-5-7-23-31(22)49(3)47-34(23)48-56(4,54)55)29(45-26)25(12-18-10-19(38)13-20(39)11-18)44-27(52)15-51-32-28(30(46-51)33(40)41)24-14-36(24,2)37(32,42)43/h5-11,13,24-25,33,53H,12,14-17H2,1-4H3,(H,44,52)(H,47,48)/t24-,25+,36-/m1/s1. The van der Waals surface area contributed by atoms with E-state index in [-0.39, 0.29) is 48.6 Å². The van der Waals surface area contributed by atoms with Crippen LogP contribution in [0, 0.1) is 17.0 Å². The number of aryl methyl sites for hydroxylation is 1. The van der Waals surface area contributed by atoms with Gasteiger partial charge >= 0.3 is 0 Å². The zero-order chi connectivity index (χ0) is 40.3. The Balaban J connectivity index is 1.25. The summed E-state index contributed by atoms with van der Waals surface area (Å²) in [6, 6.07) is 9.92. The van der Waals surface area contributed by atoms with Crippen LogP contribution in [-0.2, 0) is 40.8 Å². The predicted octanol–water partition coefficient (Wildman–Crippen LogP) is 5.69. The van der Waals surface area contributed by atoms with E-state index >= 15 is 8.78 Å². The monoisotopic (exact) mass is 802 g/mol. The molecule has 1 saturated carbocycles. The predicted molar refractivity (Wildman–Crippen MR) is 193 cm³/mol. The molecule has 8 rings (SSSR count). The average molecular weight is 803 g/mol. The lowest BCUT2D eigenvalue weighted by Gasteiger charge is -2.45. The number of hydrogen-bond donors (Lipinski definition) is 3. The Morgan fingerprint density at radius 3 is 2.36 bits per heavy atom. The van der Waals surface area contributed by atoms with Crippen molar-refractivity contribution in [2.45, 2.75) is 63.1 Å². The number of aliphatic hydroxyl groups is 1. The van der Waals surface area contributed by atoms with Crippen molar-refractivity contribution in [2.75, 3.05) is 29.0 Å². The summed E-state index contributed by atoms with van der Waals surface area (Å²) in [4.78, 5) is 20.7. The minimum absolute atomic E-state index is 0.00332. The van der Waals surface area contributed by atoms with Gasteiger partial charge < -0.3 is 15.3 Å². The molecule has 3 aliphatic rings. The summed E-state index contributed by atoms with van der Waals surface area (Å²) in [6.45, 7) is 2.47. The number of carbonyl (C=O) groups excluding carboxylic acids is 1. The summed E-state index contributed by atoms with van der Waals surface area (Å²) < 4.78 is 118. The average Bonchev–Trinajstić information content (AvgIpc) is 3.40. The summed E-state index contributed by atoms with van der Waals surface area (Å²) in [5, 5.41) is 21.8. The van der Waals surface area contributed by atoms with Crippen LogP contribution in [0.3, 0.4) is 0 Å². The van der Waals surface area contributed by atoms with E-state index in [9.17, 15) is 35.9 Å². The van der Waals surface area contributed by atoms with Crippen molar-refractivity contribution in [3.8, 4) is 11.1 Å². The van der Waals surface area contributed by atoms with Crippen molar-refractivity contribution in [3.63, 3.8) is 0 Å². The van der Waals surface area contributed by atoms with Gasteiger partial charge in [0.05, 0.1) is 29.1 Å². The van der Waals surface area contributed by atoms with Gasteiger partial charge in [-0.05, 0) is 55.7 Å². The summed E-state index contributed by atoms with van der Waals surface area (Å²) >= 11 is 0. The van der Waals surface area contributed by atoms with Gasteiger partial charge in [0.25, 0.3) is 12.3 Å². The van der Waals surface area contributed by atoms with Gasteiger partial charge in [0, 0.05) is 59.6 Å². The van der Waals surface area contributed by atoms with E-state index in [2.05, 4.69) is 20.2 Å². The third-order valence-electron chi connectivity index (χ3n) is 10.9. The minimum Gasteiger partial charge on any atom is -0.386 e. The first-order chi connectivity index (χ1) is 26.2. The zero-order valence-electron chi connectivity index (χ0n) is 30.4. The Hall–Kier alpha value is -5.17. The van der Waals surface area contributed by atoms with E-state index in [4.69, 9.17) is 4.98 Å². The van der Waals surface area contributed by atoms with Crippen LogP contribution in [0.2, 0.25) is 0 Å². The Labute approximate surface area is 316 Å². The number of carbonyl (C=O) groups is 1. The first-order valence-electron chi connectivity index (χ1n) is 17.6. The number of sulfonamides is 1. The fourth-order valence-corrected chi connectivity index (χ4v) is 8.78. The van der Waals surface area contributed by atoms with Crippen LogP contribution in [0.15, 0.2) is 48.5 Å². The molecule has 19 heteroatoms. The highest BCUT2D eigenvalue weighted by atomic mass is 32.2. The molecule has 0 bridgehead atoms. The number of nitrogens with zero attached hydrogens (tertiary/aromatic N) is 6. The lowest BCUT2D eigenvalue weighted by molar-refractivity contribution is -0.123. The van der Waals surface area contributed by atoms with E-state index in [0.717, 1.165) is 18.4 Å². The zero-order valence-corrected chi connectivity index (χ0v) is 31.2. The van der Waals surface area contributed by atoms with Crippen LogP contribution in [0.1, 0.15) is 66.9 Å². The molecule has 0 radical (unpaired) electrons. The Morgan fingerprint density at radius 2 is 1.71 bits per heavy atom. The maximum atomic E-state index is 15.8. The number of fused-ring (bicyclic) bond motifs is 4. The van der Waals surface area contributed by atoms with Gasteiger partial charge in [-0.1, -0.05) is 19.1 Å². The number of para-hydroxylation sites is 1. The fourth-order valence-electron chi connectivity index (χ4n) is 8.28. The first-order valence-corrected chi connectivity index (χ1v) is 19.5. The Morgan fingerprint density at radius 1 is 1.02 bits per heavy atom. The van der Waals surface area contributed by atoms with Crippen LogP contribution in [-0.4, -0.2) is 68.9 Å². The first kappa shape index (κ1) is 37.7. The van der Waals surface area contributed by atoms with E-state index < -0.39 is 80.8 Å². The number of hydrogen-bond acceptors (Lipinski definition) is 8. The molecule has 2 fully saturated rings. The second kappa shape index (κ2) is 12.7. The van der Waals surface area contributed by atoms with Gasteiger partial charge in [-0.25, -0.2) is 31.0 Å². The molecule has 4 heterocycles. The minimum atomic E-state index is -3.74. The lowest BCUT2D eigenvalue weighted by Crippen LogP contribution is -2.60. The molecule has 3 atom stereocenters. The maximum absolute atomic E-state index is 15.8. The molecule has 3 aromatic heterocycles. The molecular formula is C37H36F6N8O4S. The molecule has 2 aromatic carbocycles. The highest BCUT2D eigenvalue weighted by molar-refractivity contribution is 7.92. The van der Waals surface area contributed by atoms with Crippen molar-refractivity contribution in [3.05, 3.63) is 88.4 Å². The van der Waals surface area contributed by atoms with Crippen molar-refractivity contribution in [2.24, 2.45) is 12.5 Å². The number of anilines is 2. The van der Waals surface area contributed by atoms with Crippen molar-refractivity contribution in [1.29, 1.82) is 0 Å². The highest BCUT2D eigenvalue weighted by Crippen LogP contribution is 2.76. The number of β-amino-alcohol motifs (C(OH)–C–C–N with tert-alkyl or cyclic N) is 1. The van der Waals surface area contributed by atoms with Crippen molar-refractivity contribution < 1.29 is 44.7 Å². The molecular weight excluding hydrogens is 767 g/mol. The molecule has 12 nitrogen and oxygen atoms in total. The number of alkyl halides is 4. The van der Waals surface area contributed by atoms with Gasteiger partial charge in [0.1, 0.15) is 35.4 Å². The second-order valence-corrected chi connectivity index (χ2v) is 17.2. The van der Waals surface area contributed by atoms with Crippen LogP contribution in [0.5, 0.6) is 0 Å². The van der Waals surface area contributed by atoms with Crippen LogP contribution >= 0.6 is 0 Å². The molecule has 1 saturated heterocycles. The van der Waals surface area contributed by atoms with E-state index in [0.29, 0.717) is 38.6 Å². The molecule has 1 amide bonds. The second-order valence-electron chi connectivity index (χ2n) is 15.5. The summed E-state index contributed by atoms with van der Waals surface area (Å²) in [6.07, 6.45) is -2.46. The molecule has 5 aromatic rings. The van der Waals surface area contributed by atoms with Gasteiger partial charge in [0.2, 0.25) is 15.9 Å². The number of aromatic nitrogens is 5. The Bertz CT molecular complexity index is 2530. The van der Waals surface area contributed by atoms with Gasteiger partial charge in [-0.3, -0.25) is 18.9 Å². The molecule has 56 heavy (non-hydrogen) atoms. The SMILES string of the molecule is Cn1nc(NS(C)(=O)=O)c2cccc(-c3ccc(N4CC(C)(O)C4)nc3[C@H](Cc3cc(F)cc(F)c3)NC(=O)Cn3nc(C(F)F)c4c3C(F)(F)[C@]3(C)C[C@H]43)c21. The third kappa shape index (κ3) is 6.33. The number of pyridine rings is 1. The largest absolute Gasteiger partial charge is 0.386 e. The van der Waals surface area contributed by atoms with Crippen molar-refractivity contribution in [1.82, 2.24) is 29.9 Å². The number of nitrogens with one attached hydrogen (secondary N) is 2. The third-order valence-corrected chi connectivity index (χ3v) is 11.4. The van der Waals surface area contributed by atoms with Crippen LogP contribution in [0.4, 0.5) is 38.0 Å². The van der Waals surface area contributed by atoms with E-state index in [1.165, 1.54) is 11.6 Å². The molecule has 296 valence electrons. The topological polar surface area (TPSA) is 147 Å². The molecule has 3 N–H and O–H groups in total. The summed E-state index contributed by atoms with van der Waals surface area (Å²) in [5.41, 5.74) is -2.85. The fraction of sp³-hybridized carbons (Fsp3) is 0.405. The number of rotatable bonds is 11. The smallest absolute Gasteiger partial charge is 0.295 e. The Kier molecular flexibility index (Phi) is 8.54. The molecule has 1 aliphatic heterocycles. The molecule has 0 spiro atoms. The van der Waals surface area contributed by atoms with Gasteiger partial charge in [0.15, 0.2) is 5.82 Å². The number of amides is 1. The lowest BCUT2D eigenvalue weighted by atomic mass is 9.93. The number of benzene rings is 2. The maximum Gasteiger partial charge on any atom is 0.295 e. The number of halogens is 6. The van der Waals surface area contributed by atoms with Crippen LogP contribution < -0.4 is 14.9 Å². The normalized spacial score (nSPS) is 21.1. The summed E-state index contributed by atoms with van der Waals surface area (Å²) in [7, 11) is -2.15. The highest BCUT2D eigenvalue weighted by Gasteiger charge is 2.75. The van der Waals surface area contributed by atoms with Crippen molar-refractivity contribution >= 4 is 38.5 Å². The van der Waals surface area contributed by atoms with Gasteiger partial charge in [-0.2, -0.15) is 19.0 Å². The summed E-state index contributed by atoms with van der Waals surface area (Å²) in [5.74, 6) is -6.69. The van der Waals surface area contributed by atoms with E-state index in [1.807, 2.05) is 0 Å². The van der Waals surface area contributed by atoms with Gasteiger partial charge in [-0.15, -0.1) is 0 Å². The van der Waals surface area contributed by atoms with Crippen LogP contribution in [0.25, 0.3) is 22.0 Å². The quantitative estimate of drug-likeness (QED) is 0.145. The molecule has 0 unspecified atom stereocenters.